The van der Waals surface area contributed by atoms with Crippen LogP contribution >= 0.6 is 0 Å². The Morgan fingerprint density at radius 3 is 2.35 bits per heavy atom. The first-order valence-corrected chi connectivity index (χ1v) is 17.4. The summed E-state index contributed by atoms with van der Waals surface area (Å²) in [7, 11) is 0. The molecule has 0 radical (unpaired) electrons. The summed E-state index contributed by atoms with van der Waals surface area (Å²) < 4.78 is 5.32. The van der Waals surface area contributed by atoms with Crippen molar-refractivity contribution in [1.82, 2.24) is 0 Å². The van der Waals surface area contributed by atoms with Crippen LogP contribution in [0.4, 0.5) is 0 Å². The molecular weight excluding hydrogens is 492 g/mol. The van der Waals surface area contributed by atoms with Crippen molar-refractivity contribution in [3.63, 3.8) is 0 Å². The molecule has 230 valence electrons. The summed E-state index contributed by atoms with van der Waals surface area (Å²) in [6.07, 6.45) is 20.8. The van der Waals surface area contributed by atoms with Crippen LogP contribution in [-0.4, -0.2) is 24.3 Å². The molecule has 3 heteroatoms. The van der Waals surface area contributed by atoms with Gasteiger partial charge in [-0.2, -0.15) is 0 Å². The fourth-order valence-corrected chi connectivity index (χ4v) is 10.9. The fraction of sp³-hybridized carbons (Fsp3) is 0.919. The van der Waals surface area contributed by atoms with Gasteiger partial charge in [0, 0.05) is 18.1 Å². The molecule has 0 aromatic carbocycles. The second kappa shape index (κ2) is 13.6. The summed E-state index contributed by atoms with van der Waals surface area (Å²) in [6, 6.07) is 0. The van der Waals surface area contributed by atoms with E-state index < -0.39 is 0 Å². The Balaban J connectivity index is 1.28. The summed E-state index contributed by atoms with van der Waals surface area (Å²) in [5, 5.41) is 9.79. The number of aliphatic hydroxyl groups is 1. The molecule has 0 bridgehead atoms. The number of rotatable bonds is 13. The van der Waals surface area contributed by atoms with E-state index in [-0.39, 0.29) is 18.5 Å². The minimum Gasteiger partial charge on any atom is -0.462 e. The van der Waals surface area contributed by atoms with Crippen molar-refractivity contribution in [3.05, 3.63) is 12.2 Å². The largest absolute Gasteiger partial charge is 0.462 e. The predicted molar refractivity (Wildman–Crippen MR) is 167 cm³/mol. The van der Waals surface area contributed by atoms with Crippen LogP contribution in [0.3, 0.4) is 0 Å². The Bertz CT molecular complexity index is 848. The first-order valence-electron chi connectivity index (χ1n) is 17.4. The standard InChI is InChI=1S/C37H64O3/c1-25(2)10-8-11-27(5)32-16-17-33-31-15-14-30-22-28(12-9-13-29(23-38)24-40-35(39)26(3)4)18-20-36(30,6)34(31)19-21-37(32,33)7/h25,27-34,38H,3,8-24H2,1-2,4-7H3/t27-,28+,29?,30?,31+,32-,33?,34?,36+,37-/m1/s1. The summed E-state index contributed by atoms with van der Waals surface area (Å²) in [4.78, 5) is 11.7. The Morgan fingerprint density at radius 2 is 1.65 bits per heavy atom. The van der Waals surface area contributed by atoms with E-state index in [1.165, 1.54) is 83.5 Å². The van der Waals surface area contributed by atoms with Crippen LogP contribution in [0.15, 0.2) is 12.2 Å². The quantitative estimate of drug-likeness (QED) is 0.181. The highest BCUT2D eigenvalue weighted by molar-refractivity contribution is 5.86. The first kappa shape index (κ1) is 32.1. The van der Waals surface area contributed by atoms with Gasteiger partial charge in [-0.1, -0.05) is 73.3 Å². The van der Waals surface area contributed by atoms with Gasteiger partial charge in [0.2, 0.25) is 0 Å². The van der Waals surface area contributed by atoms with E-state index in [9.17, 15) is 9.90 Å². The lowest BCUT2D eigenvalue weighted by Gasteiger charge is -2.61. The van der Waals surface area contributed by atoms with E-state index >= 15 is 0 Å². The number of esters is 1. The number of hydrogen-bond donors (Lipinski definition) is 1. The highest BCUT2D eigenvalue weighted by atomic mass is 16.5. The van der Waals surface area contributed by atoms with Gasteiger partial charge in [0.05, 0.1) is 6.61 Å². The van der Waals surface area contributed by atoms with Gasteiger partial charge >= 0.3 is 5.97 Å². The molecule has 0 saturated heterocycles. The zero-order valence-electron chi connectivity index (χ0n) is 27.2. The lowest BCUT2D eigenvalue weighted by Crippen LogP contribution is -2.53. The third-order valence-electron chi connectivity index (χ3n) is 13.3. The normalized spacial score (nSPS) is 38.7. The molecule has 4 aliphatic rings. The van der Waals surface area contributed by atoms with E-state index in [4.69, 9.17) is 4.74 Å². The van der Waals surface area contributed by atoms with Crippen LogP contribution in [0.5, 0.6) is 0 Å². The number of hydrogen-bond acceptors (Lipinski definition) is 3. The SMILES string of the molecule is C=C(C)C(=O)OCC(CO)CCC[C@H]1CC[C@@]2(C)C(CC[C@@H]3C2CC[C@@]2(C)C3CC[C@@H]2[C@H](C)CCCC(C)C)C1. The van der Waals surface area contributed by atoms with E-state index in [0.29, 0.717) is 23.0 Å². The lowest BCUT2D eigenvalue weighted by atomic mass is 9.44. The topological polar surface area (TPSA) is 46.5 Å². The third kappa shape index (κ3) is 6.86. The minimum absolute atomic E-state index is 0.0531. The van der Waals surface area contributed by atoms with E-state index in [1.807, 2.05) is 0 Å². The number of ether oxygens (including phenoxy) is 1. The van der Waals surface area contributed by atoms with E-state index in [1.54, 1.807) is 6.92 Å². The number of aliphatic hydroxyl groups excluding tert-OH is 1. The lowest BCUT2D eigenvalue weighted by molar-refractivity contribution is -0.140. The van der Waals surface area contributed by atoms with Crippen molar-refractivity contribution in [2.75, 3.05) is 13.2 Å². The number of carbonyl (C=O) groups excluding carboxylic acids is 1. The monoisotopic (exact) mass is 556 g/mol. The van der Waals surface area contributed by atoms with Crippen LogP contribution in [-0.2, 0) is 9.53 Å². The van der Waals surface area contributed by atoms with E-state index in [0.717, 1.165) is 60.2 Å². The molecule has 4 rings (SSSR count). The highest BCUT2D eigenvalue weighted by Crippen LogP contribution is 2.68. The maximum Gasteiger partial charge on any atom is 0.333 e. The summed E-state index contributed by atoms with van der Waals surface area (Å²) in [5.74, 6) is 7.08. The molecule has 0 aromatic rings. The molecule has 4 aliphatic carbocycles. The smallest absolute Gasteiger partial charge is 0.333 e. The molecule has 40 heavy (non-hydrogen) atoms. The summed E-state index contributed by atoms with van der Waals surface area (Å²) in [6.45, 7) is 18.5. The molecule has 4 unspecified atom stereocenters. The van der Waals surface area contributed by atoms with Crippen LogP contribution in [0.2, 0.25) is 0 Å². The molecular formula is C37H64O3. The van der Waals surface area contributed by atoms with E-state index in [2.05, 4.69) is 41.2 Å². The fourth-order valence-electron chi connectivity index (χ4n) is 10.9. The van der Waals surface area contributed by atoms with Crippen molar-refractivity contribution in [1.29, 1.82) is 0 Å². The van der Waals surface area contributed by atoms with Crippen molar-refractivity contribution in [2.45, 2.75) is 138 Å². The van der Waals surface area contributed by atoms with Gasteiger partial charge in [-0.15, -0.1) is 0 Å². The molecule has 0 heterocycles. The highest BCUT2D eigenvalue weighted by Gasteiger charge is 2.60. The van der Waals surface area contributed by atoms with Crippen molar-refractivity contribution < 1.29 is 14.6 Å². The molecule has 0 spiro atoms. The van der Waals surface area contributed by atoms with Crippen molar-refractivity contribution >= 4 is 5.97 Å². The first-order chi connectivity index (χ1) is 19.0. The maximum atomic E-state index is 11.7. The molecule has 0 aliphatic heterocycles. The Labute approximate surface area is 247 Å². The van der Waals surface area contributed by atoms with Crippen molar-refractivity contribution in [2.24, 2.45) is 64.1 Å². The molecule has 1 N–H and O–H groups in total. The molecule has 4 fully saturated rings. The Kier molecular flexibility index (Phi) is 10.9. The minimum atomic E-state index is -0.340. The molecule has 3 nitrogen and oxygen atoms in total. The maximum absolute atomic E-state index is 11.7. The summed E-state index contributed by atoms with van der Waals surface area (Å²) in [5.41, 5.74) is 1.59. The number of fused-ring (bicyclic) bond motifs is 5. The Hall–Kier alpha value is -0.830. The molecule has 10 atom stereocenters. The van der Waals surface area contributed by atoms with Gasteiger partial charge in [-0.25, -0.2) is 4.79 Å². The van der Waals surface area contributed by atoms with Crippen molar-refractivity contribution in [3.8, 4) is 0 Å². The zero-order valence-corrected chi connectivity index (χ0v) is 27.2. The Morgan fingerprint density at radius 1 is 0.925 bits per heavy atom. The van der Waals surface area contributed by atoms with Gasteiger partial charge in [0.15, 0.2) is 0 Å². The average Bonchev–Trinajstić information content (AvgIpc) is 3.27. The second-order valence-corrected chi connectivity index (χ2v) is 16.2. The van der Waals surface area contributed by atoms with Gasteiger partial charge < -0.3 is 9.84 Å². The van der Waals surface area contributed by atoms with Gasteiger partial charge in [0.1, 0.15) is 0 Å². The zero-order chi connectivity index (χ0) is 29.1. The molecule has 4 saturated carbocycles. The van der Waals surface area contributed by atoms with Crippen LogP contribution in [0, 0.1) is 64.1 Å². The van der Waals surface area contributed by atoms with Gasteiger partial charge in [0.25, 0.3) is 0 Å². The molecule has 0 aromatic heterocycles. The average molecular weight is 557 g/mol. The second-order valence-electron chi connectivity index (χ2n) is 16.2. The van der Waals surface area contributed by atoms with Gasteiger partial charge in [-0.05, 0) is 129 Å². The van der Waals surface area contributed by atoms with Crippen LogP contribution in [0.25, 0.3) is 0 Å². The number of carbonyl (C=O) groups is 1. The van der Waals surface area contributed by atoms with Gasteiger partial charge in [-0.3, -0.25) is 0 Å². The van der Waals surface area contributed by atoms with Crippen LogP contribution < -0.4 is 0 Å². The molecule has 0 amide bonds. The van der Waals surface area contributed by atoms with Crippen LogP contribution in [0.1, 0.15) is 138 Å². The predicted octanol–water partition coefficient (Wildman–Crippen LogP) is 9.62. The summed E-state index contributed by atoms with van der Waals surface area (Å²) >= 11 is 0. The third-order valence-corrected chi connectivity index (χ3v) is 13.3.